The SMILES string of the molecule is CN(C)/C=C(\C=N/OCc1ccc([N+](=O)[O-])cc1)C(=O)Nc1ccc(Cl)cc1. The number of hydrogen-bond donors (Lipinski definition) is 1. The Kier molecular flexibility index (Phi) is 7.53. The van der Waals surface area contributed by atoms with Gasteiger partial charge in [-0.3, -0.25) is 14.9 Å². The summed E-state index contributed by atoms with van der Waals surface area (Å²) in [5.74, 6) is -0.362. The number of nitrogens with one attached hydrogen (secondary N) is 1. The molecular formula is C19H19ClN4O4. The first-order chi connectivity index (χ1) is 13.3. The lowest BCUT2D eigenvalue weighted by atomic mass is 10.2. The Morgan fingerprint density at radius 1 is 1.21 bits per heavy atom. The van der Waals surface area contributed by atoms with Gasteiger partial charge in [0.05, 0.1) is 16.7 Å². The van der Waals surface area contributed by atoms with Gasteiger partial charge in [0.25, 0.3) is 11.6 Å². The molecule has 0 heterocycles. The van der Waals surface area contributed by atoms with Crippen LogP contribution in [0.25, 0.3) is 0 Å². The smallest absolute Gasteiger partial charge is 0.269 e. The number of non-ortho nitro benzene ring substituents is 1. The Balaban J connectivity index is 1.98. The van der Waals surface area contributed by atoms with Gasteiger partial charge in [-0.15, -0.1) is 0 Å². The number of oxime groups is 1. The maximum Gasteiger partial charge on any atom is 0.269 e. The normalized spacial score (nSPS) is 11.3. The van der Waals surface area contributed by atoms with Gasteiger partial charge in [0.15, 0.2) is 0 Å². The van der Waals surface area contributed by atoms with Crippen LogP contribution in [0, 0.1) is 10.1 Å². The fraction of sp³-hybridized carbons (Fsp3) is 0.158. The van der Waals surface area contributed by atoms with E-state index in [2.05, 4.69) is 10.5 Å². The van der Waals surface area contributed by atoms with Crippen LogP contribution in [-0.4, -0.2) is 36.0 Å². The van der Waals surface area contributed by atoms with Gasteiger partial charge in [0.1, 0.15) is 6.61 Å². The van der Waals surface area contributed by atoms with Gasteiger partial charge in [-0.05, 0) is 42.0 Å². The van der Waals surface area contributed by atoms with Crippen molar-refractivity contribution in [2.45, 2.75) is 6.61 Å². The van der Waals surface area contributed by atoms with E-state index in [1.165, 1.54) is 18.3 Å². The Hall–Kier alpha value is -3.39. The molecule has 0 spiro atoms. The summed E-state index contributed by atoms with van der Waals surface area (Å²) in [6.07, 6.45) is 2.90. The van der Waals surface area contributed by atoms with Gasteiger partial charge in [-0.2, -0.15) is 0 Å². The van der Waals surface area contributed by atoms with Crippen LogP contribution in [0.3, 0.4) is 0 Å². The van der Waals surface area contributed by atoms with E-state index >= 15 is 0 Å². The summed E-state index contributed by atoms with van der Waals surface area (Å²) in [5, 5.41) is 17.8. The molecule has 0 aliphatic heterocycles. The topological polar surface area (TPSA) is 97.1 Å². The van der Waals surface area contributed by atoms with Crippen LogP contribution in [-0.2, 0) is 16.2 Å². The number of nitro benzene ring substituents is 1. The van der Waals surface area contributed by atoms with E-state index in [0.717, 1.165) is 0 Å². The molecule has 2 rings (SSSR count). The average molecular weight is 403 g/mol. The predicted octanol–water partition coefficient (Wildman–Crippen LogP) is 3.83. The first-order valence-corrected chi connectivity index (χ1v) is 8.57. The Bertz CT molecular complexity index is 878. The van der Waals surface area contributed by atoms with Gasteiger partial charge in [-0.1, -0.05) is 16.8 Å². The van der Waals surface area contributed by atoms with Crippen molar-refractivity contribution in [2.24, 2.45) is 5.16 Å². The highest BCUT2D eigenvalue weighted by Crippen LogP contribution is 2.14. The fourth-order valence-corrected chi connectivity index (χ4v) is 2.21. The summed E-state index contributed by atoms with van der Waals surface area (Å²) < 4.78 is 0. The number of amides is 1. The molecule has 0 unspecified atom stereocenters. The summed E-state index contributed by atoms with van der Waals surface area (Å²) in [7, 11) is 3.56. The molecule has 0 aromatic heterocycles. The number of halogens is 1. The highest BCUT2D eigenvalue weighted by Gasteiger charge is 2.09. The van der Waals surface area contributed by atoms with E-state index in [1.807, 2.05) is 0 Å². The first-order valence-electron chi connectivity index (χ1n) is 8.19. The maximum atomic E-state index is 12.4. The van der Waals surface area contributed by atoms with Crippen molar-refractivity contribution in [3.63, 3.8) is 0 Å². The van der Waals surface area contributed by atoms with Crippen LogP contribution in [0.15, 0.2) is 65.5 Å². The van der Waals surface area contributed by atoms with Crippen molar-refractivity contribution >= 4 is 35.1 Å². The lowest BCUT2D eigenvalue weighted by Gasteiger charge is -2.09. The van der Waals surface area contributed by atoms with Gasteiger partial charge in [-0.25, -0.2) is 0 Å². The molecular weight excluding hydrogens is 384 g/mol. The zero-order valence-corrected chi connectivity index (χ0v) is 16.1. The van der Waals surface area contributed by atoms with Crippen molar-refractivity contribution < 1.29 is 14.6 Å². The van der Waals surface area contributed by atoms with Crippen molar-refractivity contribution in [1.29, 1.82) is 0 Å². The molecule has 28 heavy (non-hydrogen) atoms. The lowest BCUT2D eigenvalue weighted by molar-refractivity contribution is -0.384. The highest BCUT2D eigenvalue weighted by molar-refractivity contribution is 6.30. The van der Waals surface area contributed by atoms with Crippen LogP contribution in [0.4, 0.5) is 11.4 Å². The first kappa shape index (κ1) is 20.9. The molecule has 2 aromatic rings. The molecule has 0 bridgehead atoms. The van der Waals surface area contributed by atoms with Gasteiger partial charge in [0.2, 0.25) is 0 Å². The number of nitro groups is 1. The number of benzene rings is 2. The summed E-state index contributed by atoms with van der Waals surface area (Å²) in [6, 6.07) is 12.7. The molecule has 9 heteroatoms. The van der Waals surface area contributed by atoms with E-state index in [4.69, 9.17) is 16.4 Å². The Labute approximate surface area is 167 Å². The molecule has 0 aliphatic rings. The second kappa shape index (κ2) is 10.1. The third-order valence-electron chi connectivity index (χ3n) is 3.41. The van der Waals surface area contributed by atoms with Crippen molar-refractivity contribution in [2.75, 3.05) is 19.4 Å². The largest absolute Gasteiger partial charge is 0.391 e. The maximum absolute atomic E-state index is 12.4. The third-order valence-corrected chi connectivity index (χ3v) is 3.66. The molecule has 0 fully saturated rings. The minimum atomic E-state index is -0.472. The lowest BCUT2D eigenvalue weighted by Crippen LogP contribution is -2.18. The zero-order valence-electron chi connectivity index (χ0n) is 15.3. The highest BCUT2D eigenvalue weighted by atomic mass is 35.5. The number of carbonyl (C=O) groups is 1. The minimum absolute atomic E-state index is 0.00215. The third kappa shape index (κ3) is 6.73. The Morgan fingerprint density at radius 2 is 1.86 bits per heavy atom. The van der Waals surface area contributed by atoms with E-state index < -0.39 is 4.92 Å². The van der Waals surface area contributed by atoms with Crippen LogP contribution in [0.5, 0.6) is 0 Å². The molecule has 0 atom stereocenters. The van der Waals surface area contributed by atoms with Gasteiger partial charge in [0, 0.05) is 43.1 Å². The monoisotopic (exact) mass is 402 g/mol. The van der Waals surface area contributed by atoms with E-state index in [1.54, 1.807) is 61.6 Å². The Morgan fingerprint density at radius 3 is 2.43 bits per heavy atom. The van der Waals surface area contributed by atoms with Crippen molar-refractivity contribution in [3.05, 3.63) is 81.0 Å². The molecule has 0 radical (unpaired) electrons. The average Bonchev–Trinajstić information content (AvgIpc) is 2.66. The number of rotatable bonds is 8. The van der Waals surface area contributed by atoms with Crippen molar-refractivity contribution in [1.82, 2.24) is 4.90 Å². The molecule has 0 aliphatic carbocycles. The predicted molar refractivity (Wildman–Crippen MR) is 108 cm³/mol. The van der Waals surface area contributed by atoms with Crippen LogP contribution < -0.4 is 5.32 Å². The number of carbonyl (C=O) groups excluding carboxylic acids is 1. The van der Waals surface area contributed by atoms with E-state index in [9.17, 15) is 14.9 Å². The number of hydrogen-bond acceptors (Lipinski definition) is 6. The summed E-state index contributed by atoms with van der Waals surface area (Å²) in [6.45, 7) is 0.114. The number of anilines is 1. The second-order valence-electron chi connectivity index (χ2n) is 5.94. The zero-order chi connectivity index (χ0) is 20.5. The second-order valence-corrected chi connectivity index (χ2v) is 6.38. The van der Waals surface area contributed by atoms with Crippen LogP contribution in [0.1, 0.15) is 5.56 Å². The minimum Gasteiger partial charge on any atom is -0.391 e. The molecule has 0 saturated carbocycles. The molecule has 1 amide bonds. The van der Waals surface area contributed by atoms with Crippen LogP contribution in [0.2, 0.25) is 5.02 Å². The molecule has 146 valence electrons. The standard InChI is InChI=1S/C19H19ClN4O4/c1-23(2)12-15(19(25)22-17-7-5-16(20)6-8-17)11-21-28-13-14-3-9-18(10-4-14)24(26)27/h3-12H,13H2,1-2H3,(H,22,25)/b15-12+,21-11-. The summed E-state index contributed by atoms with van der Waals surface area (Å²) in [4.78, 5) is 29.5. The van der Waals surface area contributed by atoms with E-state index in [-0.39, 0.29) is 23.8 Å². The van der Waals surface area contributed by atoms with E-state index in [0.29, 0.717) is 16.3 Å². The molecule has 2 aromatic carbocycles. The molecule has 1 N–H and O–H groups in total. The molecule has 0 saturated heterocycles. The number of nitrogens with zero attached hydrogens (tertiary/aromatic N) is 3. The van der Waals surface area contributed by atoms with Crippen molar-refractivity contribution in [3.8, 4) is 0 Å². The fourth-order valence-electron chi connectivity index (χ4n) is 2.08. The van der Waals surface area contributed by atoms with Gasteiger partial charge < -0.3 is 15.1 Å². The summed E-state index contributed by atoms with van der Waals surface area (Å²) in [5.41, 5.74) is 1.59. The summed E-state index contributed by atoms with van der Waals surface area (Å²) >= 11 is 5.84. The van der Waals surface area contributed by atoms with Crippen LogP contribution >= 0.6 is 11.6 Å². The van der Waals surface area contributed by atoms with Gasteiger partial charge >= 0.3 is 0 Å². The quantitative estimate of drug-likeness (QED) is 0.313. The molecule has 8 nitrogen and oxygen atoms in total.